The summed E-state index contributed by atoms with van der Waals surface area (Å²) in [6.07, 6.45) is 0. The monoisotopic (exact) mass is 131 g/mol. The van der Waals surface area contributed by atoms with Crippen LogP contribution in [0.1, 0.15) is 13.8 Å². The average Bonchev–Trinajstić information content (AvgIpc) is 1.82. The van der Waals surface area contributed by atoms with Gasteiger partial charge in [0.05, 0.1) is 0 Å². The summed E-state index contributed by atoms with van der Waals surface area (Å²) in [4.78, 5) is 0. The van der Waals surface area contributed by atoms with E-state index >= 15 is 0 Å². The van der Waals surface area contributed by atoms with Crippen LogP contribution < -0.4 is 11.2 Å². The fraction of sp³-hybridized carbons (Fsp3) is 1.00. The van der Waals surface area contributed by atoms with E-state index < -0.39 is 0 Å². The van der Waals surface area contributed by atoms with Gasteiger partial charge in [0.2, 0.25) is 0 Å². The number of hydrogen-bond donors (Lipinski definition) is 2. The topological polar surface area (TPSA) is 41.3 Å². The second kappa shape index (κ2) is 4.73. The van der Waals surface area contributed by atoms with Crippen molar-refractivity contribution in [2.45, 2.75) is 19.9 Å². The maximum absolute atomic E-state index is 5.60. The molecule has 0 bridgehead atoms. The quantitative estimate of drug-likeness (QED) is 0.410. The van der Waals surface area contributed by atoms with E-state index in [1.807, 2.05) is 12.1 Å². The molecular formula is C6H17N3. The molecule has 0 fully saturated rings. The molecule has 3 nitrogen and oxygen atoms in total. The summed E-state index contributed by atoms with van der Waals surface area (Å²) >= 11 is 0. The first-order valence-corrected chi connectivity index (χ1v) is 3.34. The first kappa shape index (κ1) is 8.88. The largest absolute Gasteiger partial charge is 0.318 e. The Morgan fingerprint density at radius 2 is 2.11 bits per heavy atom. The molecule has 0 radical (unpaired) electrons. The van der Waals surface area contributed by atoms with Crippen LogP contribution >= 0.6 is 0 Å². The van der Waals surface area contributed by atoms with Gasteiger partial charge in [-0.05, 0) is 20.9 Å². The average molecular weight is 131 g/mol. The van der Waals surface area contributed by atoms with E-state index in [0.717, 1.165) is 13.1 Å². The fourth-order valence-electron chi connectivity index (χ4n) is 0.499. The maximum Gasteiger partial charge on any atom is 0.0256 e. The Morgan fingerprint density at radius 1 is 1.56 bits per heavy atom. The van der Waals surface area contributed by atoms with Crippen LogP contribution in [0.5, 0.6) is 0 Å². The van der Waals surface area contributed by atoms with Crippen LogP contribution in [-0.2, 0) is 0 Å². The summed E-state index contributed by atoms with van der Waals surface area (Å²) in [7, 11) is 1.92. The Morgan fingerprint density at radius 3 is 2.44 bits per heavy atom. The molecule has 0 aromatic carbocycles. The number of nitrogens with one attached hydrogen (secondary N) is 1. The lowest BCUT2D eigenvalue weighted by molar-refractivity contribution is 0.230. The Hall–Kier alpha value is -0.120. The summed E-state index contributed by atoms with van der Waals surface area (Å²) in [5, 5.41) is 4.85. The van der Waals surface area contributed by atoms with Gasteiger partial charge in [0.15, 0.2) is 0 Å². The van der Waals surface area contributed by atoms with Gasteiger partial charge in [-0.2, -0.15) is 0 Å². The molecule has 0 spiro atoms. The summed E-state index contributed by atoms with van der Waals surface area (Å²) in [6, 6.07) is 0.443. The van der Waals surface area contributed by atoms with Crippen LogP contribution in [0.15, 0.2) is 0 Å². The van der Waals surface area contributed by atoms with Gasteiger partial charge >= 0.3 is 0 Å². The van der Waals surface area contributed by atoms with E-state index in [4.69, 9.17) is 5.84 Å². The zero-order valence-corrected chi connectivity index (χ0v) is 6.52. The molecule has 0 unspecified atom stereocenters. The maximum atomic E-state index is 5.60. The molecule has 0 aliphatic carbocycles. The molecular weight excluding hydrogens is 114 g/mol. The molecule has 3 heteroatoms. The highest BCUT2D eigenvalue weighted by molar-refractivity contribution is 4.54. The highest BCUT2D eigenvalue weighted by atomic mass is 15.4. The molecule has 0 aliphatic heterocycles. The van der Waals surface area contributed by atoms with E-state index in [0.29, 0.717) is 6.04 Å². The van der Waals surface area contributed by atoms with Crippen LogP contribution in [0.3, 0.4) is 0 Å². The lowest BCUT2D eigenvalue weighted by Gasteiger charge is -2.19. The van der Waals surface area contributed by atoms with E-state index in [9.17, 15) is 0 Å². The lowest BCUT2D eigenvalue weighted by Crippen LogP contribution is -2.41. The molecule has 56 valence electrons. The van der Waals surface area contributed by atoms with Crippen LogP contribution in [0.4, 0.5) is 0 Å². The van der Waals surface area contributed by atoms with Crippen molar-refractivity contribution in [1.29, 1.82) is 0 Å². The fourth-order valence-corrected chi connectivity index (χ4v) is 0.499. The SMILES string of the molecule is CNCCN(N)C(C)C. The third-order valence-electron chi connectivity index (χ3n) is 1.28. The Labute approximate surface area is 57.2 Å². The van der Waals surface area contributed by atoms with Gasteiger partial charge in [-0.3, -0.25) is 5.84 Å². The van der Waals surface area contributed by atoms with Crippen molar-refractivity contribution in [3.63, 3.8) is 0 Å². The van der Waals surface area contributed by atoms with Crippen molar-refractivity contribution in [3.05, 3.63) is 0 Å². The normalized spacial score (nSPS) is 11.3. The van der Waals surface area contributed by atoms with Gasteiger partial charge in [0.25, 0.3) is 0 Å². The number of nitrogens with two attached hydrogens (primary N) is 1. The first-order chi connectivity index (χ1) is 4.18. The van der Waals surface area contributed by atoms with Crippen molar-refractivity contribution < 1.29 is 0 Å². The number of hydrazine groups is 1. The van der Waals surface area contributed by atoms with Crippen molar-refractivity contribution in [2.24, 2.45) is 5.84 Å². The third kappa shape index (κ3) is 4.39. The Bertz CT molecular complexity index is 63.3. The molecule has 0 saturated carbocycles. The van der Waals surface area contributed by atoms with Crippen LogP contribution in [-0.4, -0.2) is 31.2 Å². The Balaban J connectivity index is 3.16. The minimum absolute atomic E-state index is 0.443. The zero-order chi connectivity index (χ0) is 7.28. The molecule has 0 heterocycles. The molecule has 9 heavy (non-hydrogen) atoms. The van der Waals surface area contributed by atoms with Gasteiger partial charge < -0.3 is 5.32 Å². The molecule has 0 atom stereocenters. The van der Waals surface area contributed by atoms with E-state index in [1.54, 1.807) is 0 Å². The highest BCUT2D eigenvalue weighted by Gasteiger charge is 2.00. The summed E-state index contributed by atoms with van der Waals surface area (Å²) in [5.74, 6) is 5.60. The number of nitrogens with zero attached hydrogens (tertiary/aromatic N) is 1. The Kier molecular flexibility index (Phi) is 4.67. The second-order valence-corrected chi connectivity index (χ2v) is 2.44. The molecule has 0 rings (SSSR count). The van der Waals surface area contributed by atoms with Crippen molar-refractivity contribution in [3.8, 4) is 0 Å². The molecule has 3 N–H and O–H groups in total. The number of hydrogen-bond acceptors (Lipinski definition) is 3. The van der Waals surface area contributed by atoms with Crippen molar-refractivity contribution in [1.82, 2.24) is 10.3 Å². The minimum Gasteiger partial charge on any atom is -0.318 e. The van der Waals surface area contributed by atoms with Gasteiger partial charge in [0, 0.05) is 19.1 Å². The zero-order valence-electron chi connectivity index (χ0n) is 6.52. The highest BCUT2D eigenvalue weighted by Crippen LogP contribution is 1.86. The smallest absolute Gasteiger partial charge is 0.0256 e. The van der Waals surface area contributed by atoms with Gasteiger partial charge in [-0.15, -0.1) is 0 Å². The summed E-state index contributed by atoms with van der Waals surface area (Å²) in [6.45, 7) is 6.02. The van der Waals surface area contributed by atoms with Crippen LogP contribution in [0.2, 0.25) is 0 Å². The predicted octanol–water partition coefficient (Wildman–Crippen LogP) is -0.210. The second-order valence-electron chi connectivity index (χ2n) is 2.44. The first-order valence-electron chi connectivity index (χ1n) is 3.34. The molecule has 0 saturated heterocycles. The van der Waals surface area contributed by atoms with Gasteiger partial charge in [-0.25, -0.2) is 5.01 Å². The third-order valence-corrected chi connectivity index (χ3v) is 1.28. The molecule has 0 amide bonds. The standard InChI is InChI=1S/C6H17N3/c1-6(2)9(7)5-4-8-3/h6,8H,4-5,7H2,1-3H3. The van der Waals surface area contributed by atoms with Crippen LogP contribution in [0.25, 0.3) is 0 Å². The summed E-state index contributed by atoms with van der Waals surface area (Å²) in [5.41, 5.74) is 0. The van der Waals surface area contributed by atoms with E-state index in [-0.39, 0.29) is 0 Å². The molecule has 0 aromatic heterocycles. The minimum atomic E-state index is 0.443. The van der Waals surface area contributed by atoms with E-state index in [1.165, 1.54) is 0 Å². The van der Waals surface area contributed by atoms with Gasteiger partial charge in [-0.1, -0.05) is 0 Å². The van der Waals surface area contributed by atoms with Crippen molar-refractivity contribution >= 4 is 0 Å². The number of rotatable bonds is 4. The number of likely N-dealkylation sites (N-methyl/N-ethyl adjacent to an activating group) is 1. The molecule has 0 aliphatic rings. The van der Waals surface area contributed by atoms with Crippen LogP contribution in [0, 0.1) is 0 Å². The molecule has 0 aromatic rings. The lowest BCUT2D eigenvalue weighted by atomic mass is 10.4. The van der Waals surface area contributed by atoms with E-state index in [2.05, 4.69) is 19.2 Å². The predicted molar refractivity (Wildman–Crippen MR) is 40.0 cm³/mol. The van der Waals surface area contributed by atoms with Crippen molar-refractivity contribution in [2.75, 3.05) is 20.1 Å². The van der Waals surface area contributed by atoms with Gasteiger partial charge in [0.1, 0.15) is 0 Å². The summed E-state index contributed by atoms with van der Waals surface area (Å²) < 4.78 is 0.